The normalized spacial score (nSPS) is 12.6. The number of nitrogens with one attached hydrogen (secondary N) is 1. The van der Waals surface area contributed by atoms with E-state index < -0.39 is 0 Å². The van der Waals surface area contributed by atoms with Gasteiger partial charge in [-0.2, -0.15) is 0 Å². The molecule has 0 heterocycles. The summed E-state index contributed by atoms with van der Waals surface area (Å²) in [5, 5.41) is 3.57. The van der Waals surface area contributed by atoms with E-state index >= 15 is 0 Å². The molecule has 0 fully saturated rings. The first-order valence-corrected chi connectivity index (χ1v) is 7.97. The van der Waals surface area contributed by atoms with Gasteiger partial charge in [0.1, 0.15) is 0 Å². The van der Waals surface area contributed by atoms with Crippen molar-refractivity contribution in [3.05, 3.63) is 70.2 Å². The van der Waals surface area contributed by atoms with Gasteiger partial charge < -0.3 is 5.32 Å². The molecule has 0 aliphatic carbocycles. The first-order chi connectivity index (χ1) is 9.65. The Morgan fingerprint density at radius 3 is 2.40 bits per heavy atom. The van der Waals surface area contributed by atoms with Crippen molar-refractivity contribution in [2.24, 2.45) is 0 Å². The minimum Gasteiger partial charge on any atom is -0.314 e. The summed E-state index contributed by atoms with van der Waals surface area (Å²) >= 11 is 3.55. The van der Waals surface area contributed by atoms with E-state index in [1.165, 1.54) is 11.1 Å². The molecule has 0 radical (unpaired) electrons. The molecule has 0 amide bonds. The third kappa shape index (κ3) is 4.77. The highest BCUT2D eigenvalue weighted by molar-refractivity contribution is 9.10. The molecule has 0 aromatic heterocycles. The second-order valence-corrected chi connectivity index (χ2v) is 6.42. The van der Waals surface area contributed by atoms with Crippen LogP contribution in [0.15, 0.2) is 59.1 Å². The standard InChI is InChI=1S/C18H22BrN/c1-14(2)20-13-17(16-8-4-3-5-9-16)11-15-7-6-10-18(19)12-15/h3-10,12,14,17,20H,11,13H2,1-2H3. The summed E-state index contributed by atoms with van der Waals surface area (Å²) < 4.78 is 1.15. The van der Waals surface area contributed by atoms with E-state index in [0.29, 0.717) is 12.0 Å². The summed E-state index contributed by atoms with van der Waals surface area (Å²) in [6.07, 6.45) is 1.06. The lowest BCUT2D eigenvalue weighted by Crippen LogP contribution is -2.28. The smallest absolute Gasteiger partial charge is 0.0177 e. The van der Waals surface area contributed by atoms with Crippen molar-refractivity contribution < 1.29 is 0 Å². The number of hydrogen-bond donors (Lipinski definition) is 1. The first kappa shape index (κ1) is 15.3. The molecular weight excluding hydrogens is 310 g/mol. The zero-order valence-electron chi connectivity index (χ0n) is 12.1. The van der Waals surface area contributed by atoms with E-state index in [1.807, 2.05) is 0 Å². The lowest BCUT2D eigenvalue weighted by Gasteiger charge is -2.20. The predicted molar refractivity (Wildman–Crippen MR) is 90.2 cm³/mol. The molecule has 106 valence electrons. The SMILES string of the molecule is CC(C)NCC(Cc1cccc(Br)c1)c1ccccc1. The number of benzene rings is 2. The lowest BCUT2D eigenvalue weighted by atomic mass is 9.92. The molecule has 0 saturated heterocycles. The number of rotatable bonds is 6. The van der Waals surface area contributed by atoms with Crippen LogP contribution in [0.1, 0.15) is 30.9 Å². The maximum absolute atomic E-state index is 3.57. The summed E-state index contributed by atoms with van der Waals surface area (Å²) in [4.78, 5) is 0. The molecule has 2 heteroatoms. The van der Waals surface area contributed by atoms with Gasteiger partial charge in [-0.25, -0.2) is 0 Å². The molecule has 2 aromatic carbocycles. The van der Waals surface area contributed by atoms with Crippen LogP contribution in [0.3, 0.4) is 0 Å². The van der Waals surface area contributed by atoms with Gasteiger partial charge in [-0.15, -0.1) is 0 Å². The molecule has 1 nitrogen and oxygen atoms in total. The number of hydrogen-bond acceptors (Lipinski definition) is 1. The van der Waals surface area contributed by atoms with Crippen molar-refractivity contribution in [1.82, 2.24) is 5.32 Å². The van der Waals surface area contributed by atoms with Gasteiger partial charge >= 0.3 is 0 Å². The largest absolute Gasteiger partial charge is 0.314 e. The van der Waals surface area contributed by atoms with E-state index in [9.17, 15) is 0 Å². The Balaban J connectivity index is 2.14. The van der Waals surface area contributed by atoms with Crippen LogP contribution in [0.5, 0.6) is 0 Å². The molecular formula is C18H22BrN. The molecule has 2 aromatic rings. The van der Waals surface area contributed by atoms with Gasteiger partial charge in [-0.1, -0.05) is 72.2 Å². The molecule has 1 N–H and O–H groups in total. The third-order valence-corrected chi connectivity index (χ3v) is 3.91. The molecule has 0 spiro atoms. The van der Waals surface area contributed by atoms with Crippen LogP contribution in [0.25, 0.3) is 0 Å². The highest BCUT2D eigenvalue weighted by atomic mass is 79.9. The predicted octanol–water partition coefficient (Wildman–Crippen LogP) is 4.77. The van der Waals surface area contributed by atoms with Crippen molar-refractivity contribution in [2.75, 3.05) is 6.54 Å². The van der Waals surface area contributed by atoms with Gasteiger partial charge in [0.2, 0.25) is 0 Å². The van der Waals surface area contributed by atoms with E-state index in [2.05, 4.69) is 89.7 Å². The van der Waals surface area contributed by atoms with Crippen molar-refractivity contribution in [2.45, 2.75) is 32.2 Å². The van der Waals surface area contributed by atoms with Crippen LogP contribution in [-0.4, -0.2) is 12.6 Å². The van der Waals surface area contributed by atoms with Crippen molar-refractivity contribution in [1.29, 1.82) is 0 Å². The van der Waals surface area contributed by atoms with E-state index in [0.717, 1.165) is 17.4 Å². The summed E-state index contributed by atoms with van der Waals surface area (Å²) in [7, 11) is 0. The Kier molecular flexibility index (Phi) is 5.81. The molecule has 0 bridgehead atoms. The van der Waals surface area contributed by atoms with Gasteiger partial charge in [-0.3, -0.25) is 0 Å². The van der Waals surface area contributed by atoms with E-state index in [4.69, 9.17) is 0 Å². The second kappa shape index (κ2) is 7.61. The van der Waals surface area contributed by atoms with E-state index in [-0.39, 0.29) is 0 Å². The fourth-order valence-electron chi connectivity index (χ4n) is 2.36. The zero-order valence-corrected chi connectivity index (χ0v) is 13.7. The fraction of sp³-hybridized carbons (Fsp3) is 0.333. The van der Waals surface area contributed by atoms with Crippen LogP contribution in [0.4, 0.5) is 0 Å². The average Bonchev–Trinajstić information content (AvgIpc) is 2.44. The topological polar surface area (TPSA) is 12.0 Å². The molecule has 2 rings (SSSR count). The molecule has 1 atom stereocenters. The maximum Gasteiger partial charge on any atom is 0.0177 e. The van der Waals surface area contributed by atoms with Gasteiger partial charge in [-0.05, 0) is 29.7 Å². The first-order valence-electron chi connectivity index (χ1n) is 7.18. The van der Waals surface area contributed by atoms with Gasteiger partial charge in [0.15, 0.2) is 0 Å². The Labute approximate surface area is 130 Å². The van der Waals surface area contributed by atoms with Gasteiger partial charge in [0.25, 0.3) is 0 Å². The van der Waals surface area contributed by atoms with Crippen molar-refractivity contribution in [3.8, 4) is 0 Å². The maximum atomic E-state index is 3.57. The molecule has 20 heavy (non-hydrogen) atoms. The molecule has 1 unspecified atom stereocenters. The summed E-state index contributed by atoms with van der Waals surface area (Å²) in [5.74, 6) is 0.507. The molecule has 0 aliphatic rings. The number of halogens is 1. The minimum atomic E-state index is 0.507. The van der Waals surface area contributed by atoms with Gasteiger partial charge in [0, 0.05) is 23.0 Å². The highest BCUT2D eigenvalue weighted by Gasteiger charge is 2.12. The van der Waals surface area contributed by atoms with Crippen LogP contribution in [-0.2, 0) is 6.42 Å². The highest BCUT2D eigenvalue weighted by Crippen LogP contribution is 2.22. The summed E-state index contributed by atoms with van der Waals surface area (Å²) in [5.41, 5.74) is 2.78. The minimum absolute atomic E-state index is 0.507. The summed E-state index contributed by atoms with van der Waals surface area (Å²) in [6, 6.07) is 19.9. The average molecular weight is 332 g/mol. The quantitative estimate of drug-likeness (QED) is 0.803. The monoisotopic (exact) mass is 331 g/mol. The van der Waals surface area contributed by atoms with Gasteiger partial charge in [0.05, 0.1) is 0 Å². The van der Waals surface area contributed by atoms with Crippen molar-refractivity contribution >= 4 is 15.9 Å². The van der Waals surface area contributed by atoms with E-state index in [1.54, 1.807) is 0 Å². The zero-order chi connectivity index (χ0) is 14.4. The van der Waals surface area contributed by atoms with Crippen LogP contribution in [0.2, 0.25) is 0 Å². The fourth-order valence-corrected chi connectivity index (χ4v) is 2.81. The van der Waals surface area contributed by atoms with Crippen LogP contribution < -0.4 is 5.32 Å². The van der Waals surface area contributed by atoms with Crippen molar-refractivity contribution in [3.63, 3.8) is 0 Å². The summed E-state index contributed by atoms with van der Waals surface area (Å²) in [6.45, 7) is 5.40. The Morgan fingerprint density at radius 2 is 1.75 bits per heavy atom. The molecule has 0 aliphatic heterocycles. The van der Waals surface area contributed by atoms with Crippen LogP contribution in [0, 0.1) is 0 Å². The Bertz CT molecular complexity index is 522. The van der Waals surface area contributed by atoms with Crippen LogP contribution >= 0.6 is 15.9 Å². The second-order valence-electron chi connectivity index (χ2n) is 5.50. The lowest BCUT2D eigenvalue weighted by molar-refractivity contribution is 0.527. The third-order valence-electron chi connectivity index (χ3n) is 3.41. The Hall–Kier alpha value is -1.12. The molecule has 0 saturated carbocycles. The Morgan fingerprint density at radius 1 is 1.00 bits per heavy atom.